The molecule has 0 unspecified atom stereocenters. The van der Waals surface area contributed by atoms with E-state index < -0.39 is 15.7 Å². The zero-order valence-electron chi connectivity index (χ0n) is 16.3. The van der Waals surface area contributed by atoms with E-state index in [1.54, 1.807) is 12.1 Å². The molecule has 2 heterocycles. The summed E-state index contributed by atoms with van der Waals surface area (Å²) in [5, 5.41) is 10.6. The van der Waals surface area contributed by atoms with E-state index in [9.17, 15) is 13.2 Å². The number of amides is 1. The average molecular weight is 472 g/mol. The summed E-state index contributed by atoms with van der Waals surface area (Å²) in [5.41, 5.74) is 2.10. The first-order valence-electron chi connectivity index (χ1n) is 9.15. The number of sulfone groups is 1. The van der Waals surface area contributed by atoms with Crippen LogP contribution < -0.4 is 5.32 Å². The van der Waals surface area contributed by atoms with Crippen LogP contribution in [0, 0.1) is 6.92 Å². The van der Waals surface area contributed by atoms with Crippen LogP contribution in [0.25, 0.3) is 0 Å². The lowest BCUT2D eigenvalue weighted by atomic mass is 10.2. The van der Waals surface area contributed by atoms with E-state index in [0.29, 0.717) is 9.47 Å². The van der Waals surface area contributed by atoms with Crippen LogP contribution in [0.1, 0.15) is 21.7 Å². The van der Waals surface area contributed by atoms with E-state index in [1.165, 1.54) is 47.4 Å². The smallest absolute Gasteiger partial charge is 0.293 e. The van der Waals surface area contributed by atoms with Crippen molar-refractivity contribution in [3.63, 3.8) is 0 Å². The number of benzene rings is 2. The minimum atomic E-state index is -3.85. The van der Waals surface area contributed by atoms with Crippen LogP contribution in [0.15, 0.2) is 85.5 Å². The van der Waals surface area contributed by atoms with Gasteiger partial charge in [-0.15, -0.1) is 10.2 Å². The van der Waals surface area contributed by atoms with Crippen molar-refractivity contribution in [1.29, 1.82) is 0 Å². The molecule has 1 amide bonds. The molecule has 2 aromatic heterocycles. The van der Waals surface area contributed by atoms with Crippen molar-refractivity contribution < 1.29 is 17.6 Å². The molecule has 0 saturated heterocycles. The fraction of sp³-hybridized carbons (Fsp3) is 0.0952. The Bertz CT molecular complexity index is 1300. The van der Waals surface area contributed by atoms with Gasteiger partial charge in [0.2, 0.25) is 20.1 Å². The van der Waals surface area contributed by atoms with E-state index in [2.05, 4.69) is 15.5 Å². The largest absolute Gasteiger partial charge is 0.439 e. The lowest BCUT2D eigenvalue weighted by Gasteiger charge is -2.02. The highest BCUT2D eigenvalue weighted by Crippen LogP contribution is 2.29. The van der Waals surface area contributed by atoms with Gasteiger partial charge < -0.3 is 4.42 Å². The summed E-state index contributed by atoms with van der Waals surface area (Å²) >= 11 is 2.75. The van der Waals surface area contributed by atoms with Crippen LogP contribution in [0.4, 0.5) is 5.13 Å². The van der Waals surface area contributed by atoms with Gasteiger partial charge in [0.25, 0.3) is 5.91 Å². The molecule has 0 bridgehead atoms. The van der Waals surface area contributed by atoms with Crippen molar-refractivity contribution in [3.05, 3.63) is 83.6 Å². The normalized spacial score (nSPS) is 11.4. The van der Waals surface area contributed by atoms with E-state index in [0.717, 1.165) is 16.9 Å². The third-order valence-corrected chi connectivity index (χ3v) is 7.92. The Kier molecular flexibility index (Phi) is 6.21. The SMILES string of the molecule is Cc1ccc(S(=O)(=O)c2ccc(C(=O)Nc3nnc(SCc4ccccc4)s3)o2)cc1. The summed E-state index contributed by atoms with van der Waals surface area (Å²) in [6.07, 6.45) is 0. The zero-order valence-corrected chi connectivity index (χ0v) is 18.8. The molecule has 10 heteroatoms. The number of carbonyl (C=O) groups excluding carboxylic acids is 1. The molecule has 0 aliphatic carbocycles. The van der Waals surface area contributed by atoms with Gasteiger partial charge in [-0.05, 0) is 36.8 Å². The Balaban J connectivity index is 1.41. The first-order valence-corrected chi connectivity index (χ1v) is 12.4. The van der Waals surface area contributed by atoms with E-state index >= 15 is 0 Å². The van der Waals surface area contributed by atoms with Gasteiger partial charge in [-0.2, -0.15) is 0 Å². The molecule has 4 aromatic rings. The number of aromatic nitrogens is 2. The Labute approximate surface area is 187 Å². The maximum atomic E-state index is 12.7. The second-order valence-electron chi connectivity index (χ2n) is 6.54. The second kappa shape index (κ2) is 9.04. The molecule has 0 atom stereocenters. The van der Waals surface area contributed by atoms with Crippen molar-refractivity contribution >= 4 is 44.0 Å². The molecule has 0 aliphatic rings. The topological polar surface area (TPSA) is 102 Å². The van der Waals surface area contributed by atoms with Crippen LogP contribution in [-0.2, 0) is 15.6 Å². The van der Waals surface area contributed by atoms with Crippen molar-refractivity contribution in [3.8, 4) is 0 Å². The van der Waals surface area contributed by atoms with Gasteiger partial charge in [-0.1, -0.05) is 71.1 Å². The van der Waals surface area contributed by atoms with Gasteiger partial charge in [0.1, 0.15) is 0 Å². The van der Waals surface area contributed by atoms with E-state index in [-0.39, 0.29) is 15.7 Å². The number of rotatable bonds is 7. The molecule has 0 radical (unpaired) electrons. The van der Waals surface area contributed by atoms with Crippen LogP contribution in [-0.4, -0.2) is 24.5 Å². The summed E-state index contributed by atoms with van der Waals surface area (Å²) in [6, 6.07) is 18.9. The number of hydrogen-bond donors (Lipinski definition) is 1. The van der Waals surface area contributed by atoms with Crippen molar-refractivity contribution in [2.75, 3.05) is 5.32 Å². The predicted molar refractivity (Wildman–Crippen MR) is 119 cm³/mol. The molecule has 7 nitrogen and oxygen atoms in total. The lowest BCUT2D eigenvalue weighted by Crippen LogP contribution is -2.10. The van der Waals surface area contributed by atoms with E-state index in [4.69, 9.17) is 4.42 Å². The number of carbonyl (C=O) groups is 1. The maximum absolute atomic E-state index is 12.7. The highest BCUT2D eigenvalue weighted by molar-refractivity contribution is 8.00. The molecule has 4 rings (SSSR count). The van der Waals surface area contributed by atoms with Gasteiger partial charge in [-0.25, -0.2) is 8.42 Å². The van der Waals surface area contributed by atoms with Gasteiger partial charge >= 0.3 is 0 Å². The van der Waals surface area contributed by atoms with Crippen molar-refractivity contribution in [2.45, 2.75) is 27.0 Å². The number of aryl methyl sites for hydroxylation is 1. The summed E-state index contributed by atoms with van der Waals surface area (Å²) < 4.78 is 31.4. The highest BCUT2D eigenvalue weighted by atomic mass is 32.2. The molecule has 2 aromatic carbocycles. The molecule has 31 heavy (non-hydrogen) atoms. The second-order valence-corrected chi connectivity index (χ2v) is 10.6. The van der Waals surface area contributed by atoms with Crippen LogP contribution >= 0.6 is 23.1 Å². The van der Waals surface area contributed by atoms with Gasteiger partial charge in [0.05, 0.1) is 4.90 Å². The third kappa shape index (κ3) is 5.04. The summed E-state index contributed by atoms with van der Waals surface area (Å²) in [4.78, 5) is 12.6. The quantitative estimate of drug-likeness (QED) is 0.305. The predicted octanol–water partition coefficient (Wildman–Crippen LogP) is 4.82. The van der Waals surface area contributed by atoms with Gasteiger partial charge in [0.15, 0.2) is 10.1 Å². The summed E-state index contributed by atoms with van der Waals surface area (Å²) in [5.74, 6) is 0.0162. The molecule has 1 N–H and O–H groups in total. The summed E-state index contributed by atoms with van der Waals surface area (Å²) in [7, 11) is -3.85. The maximum Gasteiger partial charge on any atom is 0.293 e. The lowest BCUT2D eigenvalue weighted by molar-refractivity contribution is 0.0991. The monoisotopic (exact) mass is 471 g/mol. The van der Waals surface area contributed by atoms with Crippen molar-refractivity contribution in [2.24, 2.45) is 0 Å². The third-order valence-electron chi connectivity index (χ3n) is 4.23. The first-order chi connectivity index (χ1) is 14.9. The molecular formula is C21H17N3O4S3. The molecule has 0 fully saturated rings. The molecule has 0 spiro atoms. The first kappa shape index (κ1) is 21.3. The molecular weight excluding hydrogens is 454 g/mol. The Morgan fingerprint density at radius 2 is 1.77 bits per heavy atom. The molecule has 0 aliphatic heterocycles. The van der Waals surface area contributed by atoms with Crippen LogP contribution in [0.2, 0.25) is 0 Å². The minimum absolute atomic E-state index is 0.101. The van der Waals surface area contributed by atoms with Gasteiger partial charge in [0, 0.05) is 5.75 Å². The molecule has 0 saturated carbocycles. The fourth-order valence-corrected chi connectivity index (χ4v) is 5.49. The fourth-order valence-electron chi connectivity index (χ4n) is 2.62. The van der Waals surface area contributed by atoms with Gasteiger partial charge in [-0.3, -0.25) is 10.1 Å². The standard InChI is InChI=1S/C21H17N3O4S3/c1-14-7-9-16(10-8-14)31(26,27)18-12-11-17(28-18)19(25)22-20-23-24-21(30-20)29-13-15-5-3-2-4-6-15/h2-12H,13H2,1H3,(H,22,23,25). The number of nitrogens with zero attached hydrogens (tertiary/aromatic N) is 2. The number of anilines is 1. The Hall–Kier alpha value is -2.95. The number of nitrogens with one attached hydrogen (secondary N) is 1. The van der Waals surface area contributed by atoms with Crippen LogP contribution in [0.3, 0.4) is 0 Å². The number of furan rings is 1. The average Bonchev–Trinajstić information content (AvgIpc) is 3.44. The van der Waals surface area contributed by atoms with E-state index in [1.807, 2.05) is 37.3 Å². The number of thioether (sulfide) groups is 1. The van der Waals surface area contributed by atoms with Crippen LogP contribution in [0.5, 0.6) is 0 Å². The van der Waals surface area contributed by atoms with Crippen molar-refractivity contribution in [1.82, 2.24) is 10.2 Å². The highest BCUT2D eigenvalue weighted by Gasteiger charge is 2.24. The zero-order chi connectivity index (χ0) is 21.8. The Morgan fingerprint density at radius 3 is 2.52 bits per heavy atom. The Morgan fingerprint density at radius 1 is 1.03 bits per heavy atom. The summed E-state index contributed by atoms with van der Waals surface area (Å²) in [6.45, 7) is 1.87. The molecule has 158 valence electrons. The number of hydrogen-bond acceptors (Lipinski definition) is 8. The minimum Gasteiger partial charge on any atom is -0.439 e.